The zero-order valence-electron chi connectivity index (χ0n) is 10.9. The van der Waals surface area contributed by atoms with E-state index in [1.807, 2.05) is 20.8 Å². The zero-order chi connectivity index (χ0) is 13.7. The van der Waals surface area contributed by atoms with Gasteiger partial charge in [-0.1, -0.05) is 36.7 Å². The van der Waals surface area contributed by atoms with E-state index in [1.54, 1.807) is 18.2 Å². The molecule has 0 atom stereocenters. The molecule has 0 unspecified atom stereocenters. The number of Topliss-reactive ketones (excluding diaryl/α,β-unsaturated/α-hetero) is 1. The van der Waals surface area contributed by atoms with Crippen LogP contribution < -0.4 is 5.32 Å². The van der Waals surface area contributed by atoms with Crippen LogP contribution in [0.3, 0.4) is 0 Å². The summed E-state index contributed by atoms with van der Waals surface area (Å²) in [5.41, 5.74) is 1.15. The molecule has 3 nitrogen and oxygen atoms in total. The molecule has 0 saturated heterocycles. The maximum absolute atomic E-state index is 11.8. The first-order valence-corrected chi connectivity index (χ1v) is 6.86. The fraction of sp³-hybridized carbons (Fsp3) is 0.429. The minimum absolute atomic E-state index is 0.0300. The van der Waals surface area contributed by atoms with Crippen LogP contribution in [0.25, 0.3) is 0 Å². The van der Waals surface area contributed by atoms with Crippen molar-refractivity contribution < 1.29 is 9.59 Å². The highest BCUT2D eigenvalue weighted by Crippen LogP contribution is 2.23. The molecule has 18 heavy (non-hydrogen) atoms. The third-order valence-corrected chi connectivity index (χ3v) is 2.96. The van der Waals surface area contributed by atoms with Crippen molar-refractivity contribution >= 4 is 33.3 Å². The van der Waals surface area contributed by atoms with Gasteiger partial charge in [0.25, 0.3) is 0 Å². The van der Waals surface area contributed by atoms with E-state index in [9.17, 15) is 9.59 Å². The van der Waals surface area contributed by atoms with Gasteiger partial charge >= 0.3 is 0 Å². The molecule has 1 amide bonds. The van der Waals surface area contributed by atoms with Crippen LogP contribution in [0.2, 0.25) is 0 Å². The van der Waals surface area contributed by atoms with E-state index >= 15 is 0 Å². The summed E-state index contributed by atoms with van der Waals surface area (Å²) in [7, 11) is 0. The van der Waals surface area contributed by atoms with Gasteiger partial charge in [0, 0.05) is 22.9 Å². The molecular weight excluding hydrogens is 294 g/mol. The molecule has 0 aromatic heterocycles. The van der Waals surface area contributed by atoms with Crippen molar-refractivity contribution in [2.45, 2.75) is 33.6 Å². The van der Waals surface area contributed by atoms with Gasteiger partial charge in [0.15, 0.2) is 5.78 Å². The number of benzene rings is 1. The number of nitrogens with one attached hydrogen (secondary N) is 1. The van der Waals surface area contributed by atoms with Crippen LogP contribution >= 0.6 is 15.9 Å². The van der Waals surface area contributed by atoms with Crippen LogP contribution in [0.5, 0.6) is 0 Å². The van der Waals surface area contributed by atoms with E-state index in [4.69, 9.17) is 0 Å². The van der Waals surface area contributed by atoms with Gasteiger partial charge in [0.1, 0.15) is 0 Å². The Balaban J connectivity index is 2.95. The Morgan fingerprint density at radius 3 is 2.56 bits per heavy atom. The first kappa shape index (κ1) is 14.9. The van der Waals surface area contributed by atoms with E-state index in [0.717, 1.165) is 4.47 Å². The Morgan fingerprint density at radius 1 is 1.33 bits per heavy atom. The van der Waals surface area contributed by atoms with Gasteiger partial charge in [-0.15, -0.1) is 0 Å². The summed E-state index contributed by atoms with van der Waals surface area (Å²) in [6, 6.07) is 5.31. The lowest BCUT2D eigenvalue weighted by atomic mass is 10.1. The molecule has 1 rings (SSSR count). The van der Waals surface area contributed by atoms with Gasteiger partial charge in [-0.05, 0) is 24.1 Å². The number of amides is 1. The zero-order valence-corrected chi connectivity index (χ0v) is 12.5. The first-order valence-electron chi connectivity index (χ1n) is 6.06. The Labute approximate surface area is 116 Å². The number of halogens is 1. The maximum Gasteiger partial charge on any atom is 0.224 e. The Morgan fingerprint density at radius 2 is 2.00 bits per heavy atom. The van der Waals surface area contributed by atoms with Crippen molar-refractivity contribution in [2.75, 3.05) is 5.32 Å². The maximum atomic E-state index is 11.8. The number of anilines is 1. The number of ketones is 1. The van der Waals surface area contributed by atoms with Crippen molar-refractivity contribution in [1.29, 1.82) is 0 Å². The van der Waals surface area contributed by atoms with Gasteiger partial charge in [0.05, 0.1) is 5.69 Å². The molecule has 1 N–H and O–H groups in total. The first-order chi connectivity index (χ1) is 8.43. The third-order valence-electron chi connectivity index (χ3n) is 2.47. The molecule has 0 aliphatic carbocycles. The Hall–Kier alpha value is -1.16. The van der Waals surface area contributed by atoms with Gasteiger partial charge in [-0.3, -0.25) is 9.59 Å². The van der Waals surface area contributed by atoms with Crippen molar-refractivity contribution in [3.8, 4) is 0 Å². The van der Waals surface area contributed by atoms with Crippen LogP contribution in [0, 0.1) is 5.92 Å². The number of hydrogen-bond acceptors (Lipinski definition) is 2. The van der Waals surface area contributed by atoms with E-state index in [1.165, 1.54) is 0 Å². The van der Waals surface area contributed by atoms with Gasteiger partial charge in [0.2, 0.25) is 5.91 Å². The summed E-state index contributed by atoms with van der Waals surface area (Å²) in [5, 5.41) is 2.81. The standard InChI is InChI=1S/C14H18BrNO2/c1-4-13(17)11-6-5-10(15)8-12(11)16-14(18)7-9(2)3/h5-6,8-9H,4,7H2,1-3H3,(H,16,18). The Bertz CT molecular complexity index is 455. The van der Waals surface area contributed by atoms with Crippen LogP contribution in [0.4, 0.5) is 5.69 Å². The second-order valence-electron chi connectivity index (χ2n) is 4.61. The molecule has 98 valence electrons. The van der Waals surface area contributed by atoms with Gasteiger partial charge in [-0.2, -0.15) is 0 Å². The minimum atomic E-state index is -0.0618. The molecule has 4 heteroatoms. The highest BCUT2D eigenvalue weighted by atomic mass is 79.9. The summed E-state index contributed by atoms with van der Waals surface area (Å²) in [6.07, 6.45) is 0.876. The Kier molecular flexibility index (Phi) is 5.54. The quantitative estimate of drug-likeness (QED) is 0.835. The second kappa shape index (κ2) is 6.69. The average molecular weight is 312 g/mol. The summed E-state index contributed by atoms with van der Waals surface area (Å²) >= 11 is 3.35. The molecule has 0 fully saturated rings. The lowest BCUT2D eigenvalue weighted by Gasteiger charge is -2.11. The van der Waals surface area contributed by atoms with Crippen LogP contribution in [-0.4, -0.2) is 11.7 Å². The number of carbonyl (C=O) groups is 2. The molecule has 1 aromatic carbocycles. The summed E-state index contributed by atoms with van der Waals surface area (Å²) in [6.45, 7) is 5.78. The summed E-state index contributed by atoms with van der Waals surface area (Å²) in [4.78, 5) is 23.5. The summed E-state index contributed by atoms with van der Waals surface area (Å²) in [5.74, 6) is 0.262. The molecule has 0 aliphatic rings. The molecule has 0 bridgehead atoms. The predicted molar refractivity (Wildman–Crippen MR) is 76.8 cm³/mol. The molecular formula is C14H18BrNO2. The van der Waals surface area contributed by atoms with Crippen molar-refractivity contribution in [3.05, 3.63) is 28.2 Å². The minimum Gasteiger partial charge on any atom is -0.325 e. The van der Waals surface area contributed by atoms with Gasteiger partial charge < -0.3 is 5.32 Å². The lowest BCUT2D eigenvalue weighted by molar-refractivity contribution is -0.116. The van der Waals surface area contributed by atoms with E-state index in [-0.39, 0.29) is 11.7 Å². The smallest absolute Gasteiger partial charge is 0.224 e. The highest BCUT2D eigenvalue weighted by molar-refractivity contribution is 9.10. The van der Waals surface area contributed by atoms with Crippen LogP contribution in [0.1, 0.15) is 44.0 Å². The fourth-order valence-corrected chi connectivity index (χ4v) is 1.99. The predicted octanol–water partition coefficient (Wildman–Crippen LogP) is 4.03. The molecule has 0 aliphatic heterocycles. The monoisotopic (exact) mass is 311 g/mol. The van der Waals surface area contributed by atoms with Crippen molar-refractivity contribution in [3.63, 3.8) is 0 Å². The van der Waals surface area contributed by atoms with E-state index in [2.05, 4.69) is 21.2 Å². The largest absolute Gasteiger partial charge is 0.325 e. The van der Waals surface area contributed by atoms with Crippen molar-refractivity contribution in [2.24, 2.45) is 5.92 Å². The van der Waals surface area contributed by atoms with E-state index in [0.29, 0.717) is 30.0 Å². The molecule has 1 aromatic rings. The van der Waals surface area contributed by atoms with Crippen LogP contribution in [0.15, 0.2) is 22.7 Å². The molecule has 0 saturated carbocycles. The molecule has 0 spiro atoms. The average Bonchev–Trinajstić information content (AvgIpc) is 2.27. The highest BCUT2D eigenvalue weighted by Gasteiger charge is 2.13. The van der Waals surface area contributed by atoms with Crippen LogP contribution in [-0.2, 0) is 4.79 Å². The molecule has 0 heterocycles. The normalized spacial score (nSPS) is 10.5. The van der Waals surface area contributed by atoms with Crippen molar-refractivity contribution in [1.82, 2.24) is 0 Å². The number of hydrogen-bond donors (Lipinski definition) is 1. The lowest BCUT2D eigenvalue weighted by Crippen LogP contribution is -2.16. The van der Waals surface area contributed by atoms with E-state index < -0.39 is 0 Å². The number of carbonyl (C=O) groups excluding carboxylic acids is 2. The summed E-state index contributed by atoms with van der Waals surface area (Å²) < 4.78 is 0.843. The van der Waals surface area contributed by atoms with Gasteiger partial charge in [-0.25, -0.2) is 0 Å². The SMILES string of the molecule is CCC(=O)c1ccc(Br)cc1NC(=O)CC(C)C. The number of rotatable bonds is 5. The second-order valence-corrected chi connectivity index (χ2v) is 5.53. The molecule has 0 radical (unpaired) electrons. The third kappa shape index (κ3) is 4.26. The topological polar surface area (TPSA) is 46.2 Å². The fourth-order valence-electron chi connectivity index (χ4n) is 1.63.